The summed E-state index contributed by atoms with van der Waals surface area (Å²) in [5.74, 6) is 0. The summed E-state index contributed by atoms with van der Waals surface area (Å²) < 4.78 is 0. The van der Waals surface area contributed by atoms with Crippen LogP contribution in [0.3, 0.4) is 0 Å². The van der Waals surface area contributed by atoms with E-state index in [1.807, 2.05) is 4.90 Å². The average Bonchev–Trinajstić information content (AvgIpc) is 2.25. The van der Waals surface area contributed by atoms with E-state index in [9.17, 15) is 9.90 Å². The molecule has 0 spiro atoms. The van der Waals surface area contributed by atoms with Gasteiger partial charge in [-0.15, -0.1) is 0 Å². The molecule has 0 atom stereocenters. The topological polar surface area (TPSA) is 55.8 Å². The van der Waals surface area contributed by atoms with Gasteiger partial charge < -0.3 is 20.2 Å². The van der Waals surface area contributed by atoms with Crippen molar-refractivity contribution in [2.45, 2.75) is 38.3 Å². The maximum atomic E-state index is 11.7. The van der Waals surface area contributed by atoms with E-state index in [0.29, 0.717) is 12.6 Å². The van der Waals surface area contributed by atoms with Gasteiger partial charge in [-0.05, 0) is 26.7 Å². The second-order valence-corrected chi connectivity index (χ2v) is 5.63. The number of carbonyl (C=O) groups is 1. The molecule has 1 rings (SSSR count). The van der Waals surface area contributed by atoms with Crippen LogP contribution in [-0.4, -0.2) is 66.3 Å². The second-order valence-electron chi connectivity index (χ2n) is 5.63. The fraction of sp³-hybridized carbons (Fsp3) is 0.917. The Bertz CT molecular complexity index is 253. The Hall–Kier alpha value is -0.810. The number of hydrogen-bond donors (Lipinski definition) is 2. The first kappa shape index (κ1) is 14.3. The fourth-order valence-electron chi connectivity index (χ4n) is 1.95. The number of piperidine rings is 1. The van der Waals surface area contributed by atoms with Gasteiger partial charge in [0.1, 0.15) is 0 Å². The lowest BCUT2D eigenvalue weighted by Crippen LogP contribution is -2.50. The summed E-state index contributed by atoms with van der Waals surface area (Å²) in [5, 5.41) is 13.0. The Labute approximate surface area is 104 Å². The van der Waals surface area contributed by atoms with Crippen molar-refractivity contribution in [3.8, 4) is 0 Å². The predicted molar refractivity (Wildman–Crippen MR) is 68.0 cm³/mol. The summed E-state index contributed by atoms with van der Waals surface area (Å²) in [5.41, 5.74) is -0.670. The Morgan fingerprint density at radius 1 is 1.41 bits per heavy atom. The first-order valence-electron chi connectivity index (χ1n) is 6.21. The summed E-state index contributed by atoms with van der Waals surface area (Å²) >= 11 is 0. The van der Waals surface area contributed by atoms with Crippen molar-refractivity contribution < 1.29 is 9.90 Å². The van der Waals surface area contributed by atoms with E-state index in [1.165, 1.54) is 0 Å². The largest absolute Gasteiger partial charge is 0.389 e. The van der Waals surface area contributed by atoms with Crippen molar-refractivity contribution in [3.05, 3.63) is 0 Å². The lowest BCUT2D eigenvalue weighted by molar-refractivity contribution is 0.0721. The number of amides is 2. The van der Waals surface area contributed by atoms with E-state index in [-0.39, 0.29) is 6.03 Å². The van der Waals surface area contributed by atoms with Crippen molar-refractivity contribution in [3.63, 3.8) is 0 Å². The number of hydrogen-bond acceptors (Lipinski definition) is 3. The van der Waals surface area contributed by atoms with Gasteiger partial charge in [-0.2, -0.15) is 0 Å². The molecule has 2 amide bonds. The summed E-state index contributed by atoms with van der Waals surface area (Å²) in [7, 11) is 3.56. The van der Waals surface area contributed by atoms with Crippen molar-refractivity contribution in [1.82, 2.24) is 15.1 Å². The first-order chi connectivity index (χ1) is 7.79. The normalized spacial score (nSPS) is 18.3. The van der Waals surface area contributed by atoms with Crippen molar-refractivity contribution in [2.75, 3.05) is 33.7 Å². The van der Waals surface area contributed by atoms with Crippen LogP contribution in [0, 0.1) is 0 Å². The first-order valence-corrected chi connectivity index (χ1v) is 6.21. The second kappa shape index (κ2) is 5.69. The highest BCUT2D eigenvalue weighted by molar-refractivity contribution is 5.73. The van der Waals surface area contributed by atoms with Crippen LogP contribution >= 0.6 is 0 Å². The Kier molecular flexibility index (Phi) is 4.77. The maximum Gasteiger partial charge on any atom is 0.319 e. The molecule has 100 valence electrons. The standard InChI is InChI=1S/C12H25N3O2/c1-12(2,17)9-13-10-5-7-15(8-6-10)11(16)14(3)4/h10,13,17H,5-9H2,1-4H3. The van der Waals surface area contributed by atoms with E-state index in [1.54, 1.807) is 32.8 Å². The zero-order valence-corrected chi connectivity index (χ0v) is 11.4. The minimum Gasteiger partial charge on any atom is -0.389 e. The minimum absolute atomic E-state index is 0.0888. The third-order valence-electron chi connectivity index (χ3n) is 2.97. The molecular weight excluding hydrogens is 218 g/mol. The zero-order valence-electron chi connectivity index (χ0n) is 11.4. The molecule has 2 N–H and O–H groups in total. The Morgan fingerprint density at radius 3 is 2.35 bits per heavy atom. The number of carbonyl (C=O) groups excluding carboxylic acids is 1. The summed E-state index contributed by atoms with van der Waals surface area (Å²) in [6.07, 6.45) is 1.91. The van der Waals surface area contributed by atoms with Crippen LogP contribution in [0.2, 0.25) is 0 Å². The third kappa shape index (κ3) is 4.91. The molecule has 1 aliphatic rings. The van der Waals surface area contributed by atoms with Crippen LogP contribution in [0.25, 0.3) is 0 Å². The van der Waals surface area contributed by atoms with Crippen LogP contribution in [0.1, 0.15) is 26.7 Å². The lowest BCUT2D eigenvalue weighted by atomic mass is 10.0. The van der Waals surface area contributed by atoms with Crippen molar-refractivity contribution >= 4 is 6.03 Å². The van der Waals surface area contributed by atoms with Gasteiger partial charge in [-0.25, -0.2) is 4.79 Å². The van der Waals surface area contributed by atoms with Crippen molar-refractivity contribution in [1.29, 1.82) is 0 Å². The molecule has 0 aromatic heterocycles. The smallest absolute Gasteiger partial charge is 0.319 e. The van der Waals surface area contributed by atoms with Gasteiger partial charge >= 0.3 is 6.03 Å². The molecule has 0 radical (unpaired) electrons. The molecule has 0 aliphatic carbocycles. The predicted octanol–water partition coefficient (Wildman–Crippen LogP) is 0.493. The van der Waals surface area contributed by atoms with E-state index in [2.05, 4.69) is 5.32 Å². The van der Waals surface area contributed by atoms with Gasteiger partial charge in [-0.1, -0.05) is 0 Å². The van der Waals surface area contributed by atoms with E-state index < -0.39 is 5.60 Å². The number of nitrogens with one attached hydrogen (secondary N) is 1. The van der Waals surface area contributed by atoms with Crippen LogP contribution < -0.4 is 5.32 Å². The highest BCUT2D eigenvalue weighted by Gasteiger charge is 2.24. The van der Waals surface area contributed by atoms with Crippen LogP contribution in [0.15, 0.2) is 0 Å². The summed E-state index contributed by atoms with van der Waals surface area (Å²) in [6.45, 7) is 5.77. The maximum absolute atomic E-state index is 11.7. The monoisotopic (exact) mass is 243 g/mol. The lowest BCUT2D eigenvalue weighted by Gasteiger charge is -2.35. The molecule has 0 unspecified atom stereocenters. The number of rotatable bonds is 3. The molecule has 17 heavy (non-hydrogen) atoms. The van der Waals surface area contributed by atoms with E-state index in [0.717, 1.165) is 25.9 Å². The summed E-state index contributed by atoms with van der Waals surface area (Å²) in [6, 6.07) is 0.499. The van der Waals surface area contributed by atoms with Gasteiger partial charge in [0, 0.05) is 39.8 Å². The molecule has 1 heterocycles. The van der Waals surface area contributed by atoms with Gasteiger partial charge in [0.05, 0.1) is 5.60 Å². The number of likely N-dealkylation sites (tertiary alicyclic amines) is 1. The summed E-state index contributed by atoms with van der Waals surface area (Å²) in [4.78, 5) is 15.2. The van der Waals surface area contributed by atoms with Crippen LogP contribution in [-0.2, 0) is 0 Å². The molecule has 5 nitrogen and oxygen atoms in total. The molecule has 0 aromatic rings. The van der Waals surface area contributed by atoms with Gasteiger partial charge in [0.15, 0.2) is 0 Å². The van der Waals surface area contributed by atoms with E-state index in [4.69, 9.17) is 0 Å². The molecule has 0 saturated carbocycles. The Balaban J connectivity index is 2.29. The molecule has 0 bridgehead atoms. The molecule has 0 aromatic carbocycles. The van der Waals surface area contributed by atoms with E-state index >= 15 is 0 Å². The SMILES string of the molecule is CN(C)C(=O)N1CCC(NCC(C)(C)O)CC1. The highest BCUT2D eigenvalue weighted by Crippen LogP contribution is 2.12. The highest BCUT2D eigenvalue weighted by atomic mass is 16.3. The molecule has 1 aliphatic heterocycles. The van der Waals surface area contributed by atoms with Gasteiger partial charge in [0.25, 0.3) is 0 Å². The molecule has 1 saturated heterocycles. The average molecular weight is 243 g/mol. The van der Waals surface area contributed by atoms with Crippen LogP contribution in [0.4, 0.5) is 4.79 Å². The van der Waals surface area contributed by atoms with Gasteiger partial charge in [-0.3, -0.25) is 0 Å². The third-order valence-corrected chi connectivity index (χ3v) is 2.97. The van der Waals surface area contributed by atoms with Gasteiger partial charge in [0.2, 0.25) is 0 Å². The quantitative estimate of drug-likeness (QED) is 0.758. The Morgan fingerprint density at radius 2 is 1.94 bits per heavy atom. The minimum atomic E-state index is -0.670. The van der Waals surface area contributed by atoms with Crippen molar-refractivity contribution in [2.24, 2.45) is 0 Å². The molecule has 5 heteroatoms. The molecular formula is C12H25N3O2. The number of aliphatic hydroxyl groups is 1. The zero-order chi connectivity index (χ0) is 13.1. The fourth-order valence-corrected chi connectivity index (χ4v) is 1.95. The van der Waals surface area contributed by atoms with Crippen LogP contribution in [0.5, 0.6) is 0 Å². The number of nitrogens with zero attached hydrogens (tertiary/aromatic N) is 2. The molecule has 1 fully saturated rings. The number of urea groups is 1.